The van der Waals surface area contributed by atoms with Gasteiger partial charge in [0.1, 0.15) is 19.0 Å². The van der Waals surface area contributed by atoms with Crippen LogP contribution in [0.1, 0.15) is 6.42 Å². The number of halogens is 1. The Kier molecular flexibility index (Phi) is 5.90. The van der Waals surface area contributed by atoms with Crippen molar-refractivity contribution in [2.45, 2.75) is 11.3 Å². The van der Waals surface area contributed by atoms with Crippen LogP contribution in [0.4, 0.5) is 10.1 Å². The van der Waals surface area contributed by atoms with Crippen LogP contribution in [0.25, 0.3) is 0 Å². The standard InChI is InChI=1S/C23H24FN3O6S/c24-17-1-4-19(5-2-17)34(30,31)26-9-7-25(8-10-26)23(29)16-13-22(28)27(15-16)18-3-6-20-21(14-18)33-12-11-32-20/h1-6,14,16H,7-13,15H2/t16-/m0/s1. The molecular formula is C23H24FN3O6S. The van der Waals surface area contributed by atoms with E-state index >= 15 is 0 Å². The van der Waals surface area contributed by atoms with E-state index in [9.17, 15) is 22.4 Å². The molecule has 0 N–H and O–H groups in total. The quantitative estimate of drug-likeness (QED) is 0.646. The van der Waals surface area contributed by atoms with Gasteiger partial charge in [0.15, 0.2) is 11.5 Å². The van der Waals surface area contributed by atoms with Crippen LogP contribution >= 0.6 is 0 Å². The minimum absolute atomic E-state index is 0.0186. The van der Waals surface area contributed by atoms with Gasteiger partial charge in [0.05, 0.1) is 10.8 Å². The Morgan fingerprint density at radius 2 is 1.62 bits per heavy atom. The van der Waals surface area contributed by atoms with Gasteiger partial charge in [0.25, 0.3) is 0 Å². The molecule has 2 amide bonds. The van der Waals surface area contributed by atoms with Gasteiger partial charge >= 0.3 is 0 Å². The maximum atomic E-state index is 13.2. The lowest BCUT2D eigenvalue weighted by Gasteiger charge is -2.35. The number of hydrogen-bond acceptors (Lipinski definition) is 6. The van der Waals surface area contributed by atoms with E-state index in [0.717, 1.165) is 12.1 Å². The van der Waals surface area contributed by atoms with Gasteiger partial charge in [-0.15, -0.1) is 0 Å². The molecule has 1 atom stereocenters. The Bertz CT molecular complexity index is 1210. The van der Waals surface area contributed by atoms with Gasteiger partial charge in [-0.25, -0.2) is 12.8 Å². The molecule has 3 heterocycles. The van der Waals surface area contributed by atoms with E-state index in [1.807, 2.05) is 0 Å². The molecule has 2 saturated heterocycles. The highest BCUT2D eigenvalue weighted by Crippen LogP contribution is 2.36. The summed E-state index contributed by atoms with van der Waals surface area (Å²) in [4.78, 5) is 29.0. The van der Waals surface area contributed by atoms with Crippen LogP contribution in [-0.4, -0.2) is 75.4 Å². The molecule has 11 heteroatoms. The molecule has 0 bridgehead atoms. The number of piperazine rings is 1. The molecule has 0 aromatic heterocycles. The molecule has 5 rings (SSSR count). The summed E-state index contributed by atoms with van der Waals surface area (Å²) in [6.45, 7) is 1.90. The molecule has 2 aromatic carbocycles. The zero-order valence-electron chi connectivity index (χ0n) is 18.4. The second kappa shape index (κ2) is 8.88. The number of sulfonamides is 1. The predicted octanol–water partition coefficient (Wildman–Crippen LogP) is 1.48. The minimum Gasteiger partial charge on any atom is -0.486 e. The lowest BCUT2D eigenvalue weighted by Crippen LogP contribution is -2.52. The molecule has 0 unspecified atom stereocenters. The number of fused-ring (bicyclic) bond motifs is 1. The molecule has 3 aliphatic rings. The van der Waals surface area contributed by atoms with Gasteiger partial charge in [-0.3, -0.25) is 9.59 Å². The monoisotopic (exact) mass is 489 g/mol. The molecular weight excluding hydrogens is 465 g/mol. The predicted molar refractivity (Wildman–Crippen MR) is 120 cm³/mol. The summed E-state index contributed by atoms with van der Waals surface area (Å²) in [6, 6.07) is 9.97. The summed E-state index contributed by atoms with van der Waals surface area (Å²) in [6.07, 6.45) is 0.0986. The van der Waals surface area contributed by atoms with Crippen LogP contribution in [0.15, 0.2) is 47.4 Å². The number of hydrogen-bond donors (Lipinski definition) is 0. The molecule has 34 heavy (non-hydrogen) atoms. The molecule has 0 aliphatic carbocycles. The molecule has 2 fully saturated rings. The fourth-order valence-corrected chi connectivity index (χ4v) is 5.91. The van der Waals surface area contributed by atoms with Crippen molar-refractivity contribution in [1.29, 1.82) is 0 Å². The van der Waals surface area contributed by atoms with Crippen LogP contribution < -0.4 is 14.4 Å². The smallest absolute Gasteiger partial charge is 0.243 e. The lowest BCUT2D eigenvalue weighted by molar-refractivity contribution is -0.136. The molecule has 9 nitrogen and oxygen atoms in total. The van der Waals surface area contributed by atoms with Crippen LogP contribution in [0.3, 0.4) is 0 Å². The molecule has 0 radical (unpaired) electrons. The van der Waals surface area contributed by atoms with Crippen LogP contribution in [0.2, 0.25) is 0 Å². The van der Waals surface area contributed by atoms with Gasteiger partial charge < -0.3 is 19.3 Å². The number of ether oxygens (including phenoxy) is 2. The average molecular weight is 490 g/mol. The summed E-state index contributed by atoms with van der Waals surface area (Å²) in [5.41, 5.74) is 0.653. The van der Waals surface area contributed by atoms with Crippen molar-refractivity contribution in [3.05, 3.63) is 48.3 Å². The molecule has 0 spiro atoms. The molecule has 0 saturated carbocycles. The lowest BCUT2D eigenvalue weighted by atomic mass is 10.1. The first-order chi connectivity index (χ1) is 16.3. The number of rotatable bonds is 4. The zero-order chi connectivity index (χ0) is 23.9. The maximum absolute atomic E-state index is 13.2. The third-order valence-electron chi connectivity index (χ3n) is 6.31. The fourth-order valence-electron chi connectivity index (χ4n) is 4.49. The molecule has 180 valence electrons. The van der Waals surface area contributed by atoms with Crippen molar-refractivity contribution in [1.82, 2.24) is 9.21 Å². The number of carbonyl (C=O) groups excluding carboxylic acids is 2. The summed E-state index contributed by atoms with van der Waals surface area (Å²) in [7, 11) is -3.76. The average Bonchev–Trinajstić information content (AvgIpc) is 3.25. The van der Waals surface area contributed by atoms with Gasteiger partial charge in [-0.1, -0.05) is 0 Å². The van der Waals surface area contributed by atoms with E-state index in [4.69, 9.17) is 9.47 Å². The van der Waals surface area contributed by atoms with Gasteiger partial charge in [-0.05, 0) is 36.4 Å². The van der Waals surface area contributed by atoms with E-state index in [2.05, 4.69) is 0 Å². The topological polar surface area (TPSA) is 96.5 Å². The third-order valence-corrected chi connectivity index (χ3v) is 8.23. The van der Waals surface area contributed by atoms with E-state index < -0.39 is 21.8 Å². The van der Waals surface area contributed by atoms with Crippen molar-refractivity contribution in [2.75, 3.05) is 50.8 Å². The molecule has 3 aliphatic heterocycles. The SMILES string of the molecule is O=C([C@H]1CC(=O)N(c2ccc3c(c2)OCCO3)C1)N1CCN(S(=O)(=O)c2ccc(F)cc2)CC1. The van der Waals surface area contributed by atoms with Crippen LogP contribution in [0, 0.1) is 11.7 Å². The van der Waals surface area contributed by atoms with Gasteiger partial charge in [-0.2, -0.15) is 4.31 Å². The Hall–Kier alpha value is -3.18. The van der Waals surface area contributed by atoms with E-state index in [0.29, 0.717) is 30.4 Å². The van der Waals surface area contributed by atoms with Crippen molar-refractivity contribution in [2.24, 2.45) is 5.92 Å². The third kappa shape index (κ3) is 4.21. The summed E-state index contributed by atoms with van der Waals surface area (Å²) in [5.74, 6) is -0.112. The number of nitrogens with zero attached hydrogens (tertiary/aromatic N) is 3. The van der Waals surface area contributed by atoms with Gasteiger partial charge in [0, 0.05) is 50.9 Å². The Morgan fingerprint density at radius 3 is 2.32 bits per heavy atom. The second-order valence-corrected chi connectivity index (χ2v) is 10.4. The summed E-state index contributed by atoms with van der Waals surface area (Å²) in [5, 5.41) is 0. The van der Waals surface area contributed by atoms with Crippen molar-refractivity contribution < 1.29 is 31.9 Å². The van der Waals surface area contributed by atoms with E-state index in [-0.39, 0.29) is 55.9 Å². The Balaban J connectivity index is 1.21. The van der Waals surface area contributed by atoms with E-state index in [1.54, 1.807) is 28.0 Å². The molecule has 2 aromatic rings. The largest absolute Gasteiger partial charge is 0.486 e. The first-order valence-electron chi connectivity index (χ1n) is 11.1. The first kappa shape index (κ1) is 22.6. The summed E-state index contributed by atoms with van der Waals surface area (Å²) >= 11 is 0. The normalized spacial score (nSPS) is 21.1. The van der Waals surface area contributed by atoms with Crippen molar-refractivity contribution in [3.8, 4) is 11.5 Å². The van der Waals surface area contributed by atoms with Crippen LogP contribution in [-0.2, 0) is 19.6 Å². The number of amides is 2. The van der Waals surface area contributed by atoms with Gasteiger partial charge in [0.2, 0.25) is 21.8 Å². The Labute approximate surface area is 196 Å². The minimum atomic E-state index is -3.76. The van der Waals surface area contributed by atoms with Crippen molar-refractivity contribution >= 4 is 27.5 Å². The van der Waals surface area contributed by atoms with E-state index in [1.165, 1.54) is 16.4 Å². The highest BCUT2D eigenvalue weighted by molar-refractivity contribution is 7.89. The first-order valence-corrected chi connectivity index (χ1v) is 12.5. The number of benzene rings is 2. The van der Waals surface area contributed by atoms with Crippen LogP contribution in [0.5, 0.6) is 11.5 Å². The zero-order valence-corrected chi connectivity index (χ0v) is 19.2. The highest BCUT2D eigenvalue weighted by Gasteiger charge is 2.39. The Morgan fingerprint density at radius 1 is 0.941 bits per heavy atom. The van der Waals surface area contributed by atoms with Crippen molar-refractivity contribution in [3.63, 3.8) is 0 Å². The maximum Gasteiger partial charge on any atom is 0.243 e. The number of anilines is 1. The summed E-state index contributed by atoms with van der Waals surface area (Å²) < 4.78 is 51.2. The second-order valence-electron chi connectivity index (χ2n) is 8.42. The highest BCUT2D eigenvalue weighted by atomic mass is 32.2. The number of carbonyl (C=O) groups is 2. The fraction of sp³-hybridized carbons (Fsp3) is 0.391.